The first-order valence-electron chi connectivity index (χ1n) is 10.8. The van der Waals surface area contributed by atoms with Gasteiger partial charge in [-0.2, -0.15) is 0 Å². The fourth-order valence-electron chi connectivity index (χ4n) is 4.22. The monoisotopic (exact) mass is 433 g/mol. The van der Waals surface area contributed by atoms with E-state index in [0.29, 0.717) is 23.9 Å². The summed E-state index contributed by atoms with van der Waals surface area (Å²) in [5, 5.41) is 0.712. The molecule has 0 saturated heterocycles. The molecule has 0 bridgehead atoms. The van der Waals surface area contributed by atoms with E-state index in [1.54, 1.807) is 0 Å². The van der Waals surface area contributed by atoms with Crippen LogP contribution in [0.5, 0.6) is 0 Å². The van der Waals surface area contributed by atoms with E-state index in [1.807, 2.05) is 42.5 Å². The van der Waals surface area contributed by atoms with Crippen LogP contribution in [0.15, 0.2) is 52.3 Å². The number of fused-ring (bicyclic) bond motifs is 1. The number of pyridine rings is 1. The number of aliphatic imine (C=N–C) groups is 1. The number of rotatable bonds is 4. The average Bonchev–Trinajstić information content (AvgIpc) is 2.81. The molecule has 6 nitrogen and oxygen atoms in total. The molecule has 0 fully saturated rings. The molecule has 1 aromatic carbocycles. The minimum Gasteiger partial charge on any atom is -0.305 e. The Morgan fingerprint density at radius 1 is 1.03 bits per heavy atom. The molecule has 158 valence electrons. The Morgan fingerprint density at radius 3 is 2.71 bits per heavy atom. The first-order chi connectivity index (χ1) is 15.2. The van der Waals surface area contributed by atoms with Crippen molar-refractivity contribution in [2.24, 2.45) is 4.99 Å². The van der Waals surface area contributed by atoms with Crippen molar-refractivity contribution in [2.75, 3.05) is 13.1 Å². The van der Waals surface area contributed by atoms with Gasteiger partial charge >= 0.3 is 0 Å². The minimum absolute atomic E-state index is 0.0409. The quantitative estimate of drug-likeness (QED) is 0.674. The zero-order valence-electron chi connectivity index (χ0n) is 17.3. The van der Waals surface area contributed by atoms with E-state index in [0.717, 1.165) is 72.7 Å². The van der Waals surface area contributed by atoms with Gasteiger partial charge in [-0.3, -0.25) is 19.7 Å². The van der Waals surface area contributed by atoms with Gasteiger partial charge in [0, 0.05) is 43.2 Å². The van der Waals surface area contributed by atoms with Crippen molar-refractivity contribution in [3.05, 3.63) is 80.6 Å². The third-order valence-corrected chi connectivity index (χ3v) is 6.13. The molecular weight excluding hydrogens is 410 g/mol. The normalized spacial score (nSPS) is 16.6. The molecule has 0 amide bonds. The van der Waals surface area contributed by atoms with Crippen LogP contribution in [0.25, 0.3) is 11.3 Å². The lowest BCUT2D eigenvalue weighted by molar-refractivity contribution is 0.239. The number of halogens is 1. The van der Waals surface area contributed by atoms with Crippen LogP contribution in [0.3, 0.4) is 0 Å². The topological polar surface area (TPSA) is 74.2 Å². The maximum atomic E-state index is 12.8. The van der Waals surface area contributed by atoms with Gasteiger partial charge in [0.2, 0.25) is 0 Å². The zero-order valence-corrected chi connectivity index (χ0v) is 18.0. The smallest absolute Gasteiger partial charge is 0.255 e. The van der Waals surface area contributed by atoms with Gasteiger partial charge in [-0.25, -0.2) is 4.98 Å². The maximum Gasteiger partial charge on any atom is 0.255 e. The van der Waals surface area contributed by atoms with Crippen LogP contribution in [0.2, 0.25) is 5.02 Å². The predicted octanol–water partition coefficient (Wildman–Crippen LogP) is 4.02. The van der Waals surface area contributed by atoms with Crippen molar-refractivity contribution in [3.8, 4) is 11.3 Å². The molecule has 2 aliphatic rings. The molecule has 2 aliphatic heterocycles. The van der Waals surface area contributed by atoms with Crippen molar-refractivity contribution in [1.29, 1.82) is 0 Å². The zero-order chi connectivity index (χ0) is 21.2. The van der Waals surface area contributed by atoms with E-state index in [2.05, 4.69) is 14.9 Å². The summed E-state index contributed by atoms with van der Waals surface area (Å²) in [6.07, 6.45) is 3.87. The number of H-pyrrole nitrogens is 1. The maximum absolute atomic E-state index is 12.8. The number of aromatic nitrogens is 3. The van der Waals surface area contributed by atoms with E-state index in [-0.39, 0.29) is 5.56 Å². The van der Waals surface area contributed by atoms with Crippen LogP contribution in [-0.4, -0.2) is 38.7 Å². The van der Waals surface area contributed by atoms with E-state index < -0.39 is 0 Å². The number of hydrogen-bond donors (Lipinski definition) is 1. The second kappa shape index (κ2) is 8.73. The Hall–Kier alpha value is -2.83. The van der Waals surface area contributed by atoms with E-state index in [1.165, 1.54) is 0 Å². The lowest BCUT2D eigenvalue weighted by atomic mass is 10.0. The van der Waals surface area contributed by atoms with E-state index in [4.69, 9.17) is 21.6 Å². The average molecular weight is 434 g/mol. The number of benzene rings is 1. The summed E-state index contributed by atoms with van der Waals surface area (Å²) in [7, 11) is 0. The first-order valence-corrected chi connectivity index (χ1v) is 11.1. The molecule has 31 heavy (non-hydrogen) atoms. The molecule has 0 saturated carbocycles. The van der Waals surface area contributed by atoms with Gasteiger partial charge in [-0.15, -0.1) is 0 Å². The summed E-state index contributed by atoms with van der Waals surface area (Å²) in [6.45, 7) is 2.94. The van der Waals surface area contributed by atoms with E-state index in [9.17, 15) is 4.79 Å². The highest BCUT2D eigenvalue weighted by atomic mass is 35.5. The van der Waals surface area contributed by atoms with Crippen LogP contribution in [0, 0.1) is 0 Å². The Labute approximate surface area is 186 Å². The molecule has 1 N–H and O–H groups in total. The van der Waals surface area contributed by atoms with Crippen LogP contribution in [-0.2, 0) is 19.5 Å². The molecule has 0 unspecified atom stereocenters. The fourth-order valence-corrected chi connectivity index (χ4v) is 4.35. The summed E-state index contributed by atoms with van der Waals surface area (Å²) < 4.78 is 0. The molecule has 0 radical (unpaired) electrons. The highest BCUT2D eigenvalue weighted by Crippen LogP contribution is 2.22. The van der Waals surface area contributed by atoms with Crippen molar-refractivity contribution in [1.82, 2.24) is 19.9 Å². The number of hydrogen-bond acceptors (Lipinski definition) is 5. The molecule has 5 rings (SSSR count). The standard InChI is InChI=1S/C24H24ClN5O/c25-17-9-7-16(8-10-17)20-6-3-4-18(27-20)14-30-13-11-21-19(15-30)24(31)29-23(28-21)22-5-1-2-12-26-22/h3-4,6-10H,1-2,5,11-15H2,(H,28,29,31). The van der Waals surface area contributed by atoms with Crippen LogP contribution in [0.1, 0.15) is 42.0 Å². The molecule has 0 aliphatic carbocycles. The third-order valence-electron chi connectivity index (χ3n) is 5.88. The van der Waals surface area contributed by atoms with Gasteiger partial charge in [-0.1, -0.05) is 29.8 Å². The number of nitrogens with zero attached hydrogens (tertiary/aromatic N) is 4. The summed E-state index contributed by atoms with van der Waals surface area (Å²) >= 11 is 6.00. The van der Waals surface area contributed by atoms with Gasteiger partial charge in [0.05, 0.1) is 28.4 Å². The van der Waals surface area contributed by atoms with Gasteiger partial charge < -0.3 is 4.98 Å². The Kier molecular flexibility index (Phi) is 5.66. The van der Waals surface area contributed by atoms with E-state index >= 15 is 0 Å². The molecule has 4 heterocycles. The fraction of sp³-hybridized carbons (Fsp3) is 0.333. The first kappa shape index (κ1) is 20.1. The summed E-state index contributed by atoms with van der Waals surface area (Å²) in [5.41, 5.74) is 5.51. The highest BCUT2D eigenvalue weighted by Gasteiger charge is 2.23. The molecule has 7 heteroatoms. The van der Waals surface area contributed by atoms with Gasteiger partial charge in [0.1, 0.15) is 0 Å². The van der Waals surface area contributed by atoms with Gasteiger partial charge in [-0.05, 0) is 43.5 Å². The minimum atomic E-state index is -0.0409. The lowest BCUT2D eigenvalue weighted by Gasteiger charge is -2.27. The third kappa shape index (κ3) is 4.45. The number of nitrogens with one attached hydrogen (secondary N) is 1. The van der Waals surface area contributed by atoms with Crippen LogP contribution >= 0.6 is 11.6 Å². The van der Waals surface area contributed by atoms with Crippen molar-refractivity contribution in [3.63, 3.8) is 0 Å². The van der Waals surface area contributed by atoms with Crippen molar-refractivity contribution < 1.29 is 0 Å². The van der Waals surface area contributed by atoms with Gasteiger partial charge in [0.15, 0.2) is 5.82 Å². The molecular formula is C24H24ClN5O. The molecule has 0 atom stereocenters. The van der Waals surface area contributed by atoms with Gasteiger partial charge in [0.25, 0.3) is 5.56 Å². The number of aromatic amines is 1. The lowest BCUT2D eigenvalue weighted by Crippen LogP contribution is -2.36. The summed E-state index contributed by atoms with van der Waals surface area (Å²) in [5.74, 6) is 0.661. The van der Waals surface area contributed by atoms with Crippen LogP contribution < -0.4 is 5.56 Å². The SMILES string of the molecule is O=c1[nH]c(C2=NCCCC2)nc2c1CN(Cc1cccc(-c3ccc(Cl)cc3)n1)CC2. The van der Waals surface area contributed by atoms with Crippen molar-refractivity contribution >= 4 is 17.3 Å². The highest BCUT2D eigenvalue weighted by molar-refractivity contribution is 6.30. The second-order valence-corrected chi connectivity index (χ2v) is 8.54. The van der Waals surface area contributed by atoms with Crippen LogP contribution in [0.4, 0.5) is 0 Å². The molecule has 2 aromatic heterocycles. The molecule has 0 spiro atoms. The predicted molar refractivity (Wildman–Crippen MR) is 123 cm³/mol. The largest absolute Gasteiger partial charge is 0.305 e. The Bertz CT molecular complexity index is 1190. The Morgan fingerprint density at radius 2 is 1.90 bits per heavy atom. The molecule has 3 aromatic rings. The summed E-state index contributed by atoms with van der Waals surface area (Å²) in [6, 6.07) is 13.8. The Balaban J connectivity index is 1.33. The van der Waals surface area contributed by atoms with Crippen molar-refractivity contribution in [2.45, 2.75) is 38.8 Å². The summed E-state index contributed by atoms with van der Waals surface area (Å²) in [4.78, 5) is 32.2. The second-order valence-electron chi connectivity index (χ2n) is 8.11.